The van der Waals surface area contributed by atoms with Crippen LogP contribution in [0.2, 0.25) is 0 Å². The normalized spacial score (nSPS) is 9.78. The number of nitrogens with one attached hydrogen (secondary N) is 1. The molecular formula is C16H23NO. The van der Waals surface area contributed by atoms with E-state index in [0.717, 1.165) is 12.0 Å². The van der Waals surface area contributed by atoms with Crippen LogP contribution in [0.3, 0.4) is 0 Å². The van der Waals surface area contributed by atoms with Gasteiger partial charge in [0.25, 0.3) is 0 Å². The maximum Gasteiger partial charge on any atom is 0.220 e. The van der Waals surface area contributed by atoms with Crippen LogP contribution in [0, 0.1) is 17.8 Å². The predicted octanol–water partition coefficient (Wildman–Crippen LogP) is 3.01. The van der Waals surface area contributed by atoms with Crippen molar-refractivity contribution in [1.29, 1.82) is 0 Å². The van der Waals surface area contributed by atoms with E-state index in [1.807, 2.05) is 19.1 Å². The molecule has 18 heavy (non-hydrogen) atoms. The van der Waals surface area contributed by atoms with Crippen LogP contribution in [0.4, 0.5) is 0 Å². The van der Waals surface area contributed by atoms with Crippen molar-refractivity contribution in [3.05, 3.63) is 35.4 Å². The van der Waals surface area contributed by atoms with Crippen molar-refractivity contribution < 1.29 is 6.22 Å². The zero-order valence-electron chi connectivity index (χ0n) is 11.4. The van der Waals surface area contributed by atoms with Crippen LogP contribution in [-0.2, 0) is 11.2 Å². The second-order valence-electron chi connectivity index (χ2n) is 4.73. The monoisotopic (exact) mass is 245 g/mol. The number of rotatable bonds is 4. The summed E-state index contributed by atoms with van der Waals surface area (Å²) in [5.41, 5.74) is 2.34. The summed E-state index contributed by atoms with van der Waals surface area (Å²) in [5, 5.41) is 2.73. The van der Waals surface area contributed by atoms with Gasteiger partial charge in [0.05, 0.1) is 6.54 Å². The van der Waals surface area contributed by atoms with Crippen molar-refractivity contribution in [2.24, 2.45) is 5.92 Å². The van der Waals surface area contributed by atoms with Gasteiger partial charge in [-0.2, -0.15) is 0 Å². The molecule has 0 aliphatic carbocycles. The third kappa shape index (κ3) is 5.54. The molecule has 0 aliphatic rings. The average Bonchev–Trinajstić information content (AvgIpc) is 2.35. The molecule has 0 saturated carbocycles. The van der Waals surface area contributed by atoms with Crippen molar-refractivity contribution in [3.8, 4) is 11.8 Å². The number of benzene rings is 1. The lowest BCUT2D eigenvalue weighted by molar-refractivity contribution is -0.120. The number of amides is 1. The molecule has 0 heterocycles. The first-order valence-electron chi connectivity index (χ1n) is 6.46. The molecule has 0 spiro atoms. The van der Waals surface area contributed by atoms with Gasteiger partial charge in [-0.1, -0.05) is 44.7 Å². The highest BCUT2D eigenvalue weighted by Crippen LogP contribution is 2.08. The molecule has 0 saturated heterocycles. The summed E-state index contributed by atoms with van der Waals surface area (Å²) in [6, 6.07) is 8.31. The van der Waals surface area contributed by atoms with Crippen LogP contribution in [0.1, 0.15) is 39.7 Å². The van der Waals surface area contributed by atoms with Gasteiger partial charge in [-0.05, 0) is 30.0 Å². The maximum atomic E-state index is 11.0. The standard InChI is InChI=1S/C16H21NO.H2/c1-4-16(18)17-11-5-6-14-7-9-15(10-8-14)12-13(2)3;/h7-10,13H,4,11-12H2,1-3H3,(H,17,18);1H. The molecule has 1 N–H and O–H groups in total. The SMILES string of the molecule is CCC(=O)NCC#Cc1ccc(CC(C)C)cc1.[HH]. The summed E-state index contributed by atoms with van der Waals surface area (Å²) in [7, 11) is 0. The van der Waals surface area contributed by atoms with Gasteiger partial charge in [-0.15, -0.1) is 0 Å². The summed E-state index contributed by atoms with van der Waals surface area (Å²) in [6.07, 6.45) is 1.60. The van der Waals surface area contributed by atoms with E-state index in [-0.39, 0.29) is 7.33 Å². The van der Waals surface area contributed by atoms with Crippen LogP contribution >= 0.6 is 0 Å². The molecule has 2 heteroatoms. The number of carbonyl (C=O) groups excluding carboxylic acids is 1. The Hall–Kier alpha value is -1.75. The van der Waals surface area contributed by atoms with Gasteiger partial charge in [-0.3, -0.25) is 4.79 Å². The minimum absolute atomic E-state index is 0. The predicted molar refractivity (Wildman–Crippen MR) is 77.3 cm³/mol. The smallest absolute Gasteiger partial charge is 0.220 e. The van der Waals surface area contributed by atoms with Gasteiger partial charge in [0.2, 0.25) is 5.91 Å². The summed E-state index contributed by atoms with van der Waals surface area (Å²) >= 11 is 0. The number of carbonyl (C=O) groups is 1. The fraction of sp³-hybridized carbons (Fsp3) is 0.438. The topological polar surface area (TPSA) is 29.1 Å². The first kappa shape index (κ1) is 14.3. The fourth-order valence-corrected chi connectivity index (χ4v) is 1.61. The third-order valence-corrected chi connectivity index (χ3v) is 2.53. The zero-order chi connectivity index (χ0) is 13.4. The Bertz CT molecular complexity index is 440. The molecule has 2 nitrogen and oxygen atoms in total. The van der Waals surface area contributed by atoms with E-state index in [2.05, 4.69) is 43.1 Å². The molecule has 0 aromatic heterocycles. The zero-order valence-corrected chi connectivity index (χ0v) is 11.4. The summed E-state index contributed by atoms with van der Waals surface area (Å²) in [5.74, 6) is 6.70. The molecule has 0 aliphatic heterocycles. The number of hydrogen-bond acceptors (Lipinski definition) is 1. The summed E-state index contributed by atoms with van der Waals surface area (Å²) in [6.45, 7) is 6.67. The van der Waals surface area contributed by atoms with Gasteiger partial charge in [-0.25, -0.2) is 0 Å². The lowest BCUT2D eigenvalue weighted by atomic mass is 10.0. The molecule has 0 unspecified atom stereocenters. The Labute approximate surface area is 111 Å². The van der Waals surface area contributed by atoms with Crippen molar-refractivity contribution in [3.63, 3.8) is 0 Å². The highest BCUT2D eigenvalue weighted by molar-refractivity contribution is 5.75. The molecule has 0 bridgehead atoms. The summed E-state index contributed by atoms with van der Waals surface area (Å²) < 4.78 is 0. The molecule has 98 valence electrons. The molecule has 1 aromatic carbocycles. The summed E-state index contributed by atoms with van der Waals surface area (Å²) in [4.78, 5) is 11.0. The Morgan fingerprint density at radius 2 is 2.00 bits per heavy atom. The van der Waals surface area contributed by atoms with E-state index in [9.17, 15) is 4.79 Å². The van der Waals surface area contributed by atoms with Gasteiger partial charge < -0.3 is 5.32 Å². The highest BCUT2D eigenvalue weighted by Gasteiger charge is 1.97. The van der Waals surface area contributed by atoms with Crippen LogP contribution in [-0.4, -0.2) is 12.5 Å². The second kappa shape index (κ2) is 7.55. The van der Waals surface area contributed by atoms with Crippen molar-refractivity contribution in [2.45, 2.75) is 33.6 Å². The van der Waals surface area contributed by atoms with E-state index in [1.54, 1.807) is 0 Å². The van der Waals surface area contributed by atoms with E-state index in [1.165, 1.54) is 5.56 Å². The van der Waals surface area contributed by atoms with E-state index in [4.69, 9.17) is 0 Å². The minimum atomic E-state index is 0. The first-order chi connectivity index (χ1) is 8.61. The molecule has 0 radical (unpaired) electrons. The quantitative estimate of drug-likeness (QED) is 0.812. The molecule has 1 amide bonds. The van der Waals surface area contributed by atoms with E-state index >= 15 is 0 Å². The Kier molecular flexibility index (Phi) is 6.00. The third-order valence-electron chi connectivity index (χ3n) is 2.53. The molecule has 0 atom stereocenters. The fourth-order valence-electron chi connectivity index (χ4n) is 1.61. The van der Waals surface area contributed by atoms with Gasteiger partial charge in [0.15, 0.2) is 0 Å². The highest BCUT2D eigenvalue weighted by atomic mass is 16.1. The second-order valence-corrected chi connectivity index (χ2v) is 4.73. The van der Waals surface area contributed by atoms with Crippen molar-refractivity contribution in [2.75, 3.05) is 6.54 Å². The first-order valence-corrected chi connectivity index (χ1v) is 6.46. The molecule has 1 rings (SSSR count). The van der Waals surface area contributed by atoms with Crippen molar-refractivity contribution in [1.82, 2.24) is 5.32 Å². The maximum absolute atomic E-state index is 11.0. The Morgan fingerprint density at radius 1 is 1.33 bits per heavy atom. The number of hydrogen-bond donors (Lipinski definition) is 1. The average molecular weight is 245 g/mol. The van der Waals surface area contributed by atoms with E-state index in [0.29, 0.717) is 18.9 Å². The lowest BCUT2D eigenvalue weighted by Crippen LogP contribution is -2.22. The molecule has 1 aromatic rings. The minimum Gasteiger partial charge on any atom is -0.345 e. The molecule has 0 fully saturated rings. The van der Waals surface area contributed by atoms with Crippen LogP contribution in [0.5, 0.6) is 0 Å². The molecular weight excluding hydrogens is 222 g/mol. The van der Waals surface area contributed by atoms with Gasteiger partial charge in [0.1, 0.15) is 0 Å². The van der Waals surface area contributed by atoms with Crippen molar-refractivity contribution >= 4 is 5.91 Å². The van der Waals surface area contributed by atoms with Gasteiger partial charge in [0, 0.05) is 13.4 Å². The van der Waals surface area contributed by atoms with Crippen LogP contribution in [0.25, 0.3) is 0 Å². The lowest BCUT2D eigenvalue weighted by Gasteiger charge is -2.04. The van der Waals surface area contributed by atoms with E-state index < -0.39 is 0 Å². The Morgan fingerprint density at radius 3 is 2.56 bits per heavy atom. The largest absolute Gasteiger partial charge is 0.345 e. The van der Waals surface area contributed by atoms with Gasteiger partial charge >= 0.3 is 0 Å². The Balaban J connectivity index is 0.00000324. The van der Waals surface area contributed by atoms with Crippen LogP contribution in [0.15, 0.2) is 24.3 Å². The van der Waals surface area contributed by atoms with Crippen LogP contribution < -0.4 is 5.32 Å².